The van der Waals surface area contributed by atoms with Crippen LogP contribution >= 0.6 is 11.6 Å². The van der Waals surface area contributed by atoms with Crippen molar-refractivity contribution in [1.82, 2.24) is 10.1 Å². The number of halogens is 1. The Bertz CT molecular complexity index is 244. The van der Waals surface area contributed by atoms with Crippen molar-refractivity contribution in [3.63, 3.8) is 0 Å². The second-order valence-corrected chi connectivity index (χ2v) is 3.08. The van der Waals surface area contributed by atoms with Crippen LogP contribution in [0.1, 0.15) is 36.9 Å². The van der Waals surface area contributed by atoms with Crippen molar-refractivity contribution < 1.29 is 4.52 Å². The zero-order chi connectivity index (χ0) is 7.68. The van der Waals surface area contributed by atoms with Gasteiger partial charge in [0.15, 0.2) is 5.82 Å². The summed E-state index contributed by atoms with van der Waals surface area (Å²) in [5, 5.41) is 3.84. The van der Waals surface area contributed by atoms with Gasteiger partial charge in [-0.2, -0.15) is 4.98 Å². The van der Waals surface area contributed by atoms with E-state index < -0.39 is 0 Å². The summed E-state index contributed by atoms with van der Waals surface area (Å²) in [6.45, 7) is 0. The Labute approximate surface area is 69.7 Å². The van der Waals surface area contributed by atoms with E-state index >= 15 is 0 Å². The summed E-state index contributed by atoms with van der Waals surface area (Å²) in [6.07, 6.45) is 3.68. The molecule has 1 aliphatic rings. The number of hydrogen-bond donors (Lipinski definition) is 0. The van der Waals surface area contributed by atoms with Crippen LogP contribution in [-0.2, 0) is 5.88 Å². The quantitative estimate of drug-likeness (QED) is 0.642. The van der Waals surface area contributed by atoms with Gasteiger partial charge in [-0.15, -0.1) is 11.6 Å². The molecule has 11 heavy (non-hydrogen) atoms. The van der Waals surface area contributed by atoms with Crippen LogP contribution in [0.15, 0.2) is 4.52 Å². The lowest BCUT2D eigenvalue weighted by molar-refractivity contribution is 0.352. The predicted molar refractivity (Wildman–Crippen MR) is 40.4 cm³/mol. The van der Waals surface area contributed by atoms with Crippen LogP contribution in [0.5, 0.6) is 0 Å². The van der Waals surface area contributed by atoms with Crippen LogP contribution in [0.3, 0.4) is 0 Å². The lowest BCUT2D eigenvalue weighted by Gasteiger charge is -2.20. The second-order valence-electron chi connectivity index (χ2n) is 2.81. The van der Waals surface area contributed by atoms with Gasteiger partial charge in [-0.25, -0.2) is 0 Å². The molecule has 3 nitrogen and oxygen atoms in total. The van der Waals surface area contributed by atoms with Gasteiger partial charge in [-0.3, -0.25) is 0 Å². The fraction of sp³-hybridized carbons (Fsp3) is 0.714. The van der Waals surface area contributed by atoms with E-state index in [-0.39, 0.29) is 0 Å². The maximum absolute atomic E-state index is 5.51. The van der Waals surface area contributed by atoms with E-state index in [9.17, 15) is 0 Å². The molecule has 0 radical (unpaired) electrons. The van der Waals surface area contributed by atoms with Crippen LogP contribution in [0, 0.1) is 0 Å². The summed E-state index contributed by atoms with van der Waals surface area (Å²) in [6, 6.07) is 0. The van der Waals surface area contributed by atoms with Gasteiger partial charge in [0.2, 0.25) is 5.89 Å². The Kier molecular flexibility index (Phi) is 1.82. The van der Waals surface area contributed by atoms with Crippen molar-refractivity contribution >= 4 is 11.6 Å². The minimum absolute atomic E-state index is 0.319. The smallest absolute Gasteiger partial charge is 0.241 e. The van der Waals surface area contributed by atoms with Crippen LogP contribution in [0.2, 0.25) is 0 Å². The Morgan fingerprint density at radius 1 is 1.55 bits per heavy atom. The fourth-order valence-corrected chi connectivity index (χ4v) is 1.26. The van der Waals surface area contributed by atoms with Gasteiger partial charge in [0.1, 0.15) is 5.88 Å². The minimum Gasteiger partial charge on any atom is -0.338 e. The summed E-state index contributed by atoms with van der Waals surface area (Å²) in [5.41, 5.74) is 0. The highest BCUT2D eigenvalue weighted by Crippen LogP contribution is 2.34. The molecule has 1 aromatic rings. The minimum atomic E-state index is 0.319. The van der Waals surface area contributed by atoms with E-state index in [1.165, 1.54) is 19.3 Å². The average Bonchev–Trinajstić information content (AvgIpc) is 2.32. The van der Waals surface area contributed by atoms with Crippen molar-refractivity contribution in [2.45, 2.75) is 31.1 Å². The van der Waals surface area contributed by atoms with E-state index in [4.69, 9.17) is 16.1 Å². The molecule has 0 atom stereocenters. The summed E-state index contributed by atoms with van der Waals surface area (Å²) in [4.78, 5) is 4.14. The third-order valence-corrected chi connectivity index (χ3v) is 2.30. The lowest BCUT2D eigenvalue weighted by Crippen LogP contribution is -2.10. The van der Waals surface area contributed by atoms with Gasteiger partial charge >= 0.3 is 0 Å². The molecule has 0 bridgehead atoms. The highest BCUT2D eigenvalue weighted by Gasteiger charge is 2.24. The van der Waals surface area contributed by atoms with E-state index in [0.29, 0.717) is 17.7 Å². The highest BCUT2D eigenvalue weighted by atomic mass is 35.5. The first kappa shape index (κ1) is 7.10. The van der Waals surface area contributed by atoms with Crippen molar-refractivity contribution in [1.29, 1.82) is 0 Å². The topological polar surface area (TPSA) is 38.9 Å². The summed E-state index contributed by atoms with van der Waals surface area (Å²) >= 11 is 5.51. The molecule has 0 unspecified atom stereocenters. The maximum Gasteiger partial charge on any atom is 0.241 e. The monoisotopic (exact) mass is 172 g/mol. The van der Waals surface area contributed by atoms with Crippen molar-refractivity contribution in [3.05, 3.63) is 11.7 Å². The molecule has 0 saturated heterocycles. The molecule has 0 amide bonds. The Morgan fingerprint density at radius 3 is 2.82 bits per heavy atom. The largest absolute Gasteiger partial charge is 0.338 e. The van der Waals surface area contributed by atoms with Gasteiger partial charge in [-0.1, -0.05) is 11.6 Å². The molecule has 4 heteroatoms. The highest BCUT2D eigenvalue weighted by molar-refractivity contribution is 6.16. The molecular formula is C7H9ClN2O. The van der Waals surface area contributed by atoms with Gasteiger partial charge in [0, 0.05) is 5.92 Å². The molecular weight excluding hydrogens is 164 g/mol. The van der Waals surface area contributed by atoms with E-state index in [1.807, 2.05) is 0 Å². The SMILES string of the molecule is ClCc1nc(C2CCC2)no1. The van der Waals surface area contributed by atoms with Crippen LogP contribution in [0.4, 0.5) is 0 Å². The number of hydrogen-bond acceptors (Lipinski definition) is 3. The number of alkyl halides is 1. The Hall–Kier alpha value is -0.570. The Morgan fingerprint density at radius 2 is 2.36 bits per heavy atom. The van der Waals surface area contributed by atoms with Crippen LogP contribution in [0.25, 0.3) is 0 Å². The zero-order valence-corrected chi connectivity index (χ0v) is 6.84. The summed E-state index contributed by atoms with van der Waals surface area (Å²) in [7, 11) is 0. The van der Waals surface area contributed by atoms with Crippen LogP contribution < -0.4 is 0 Å². The third kappa shape index (κ3) is 1.25. The Balaban J connectivity index is 2.11. The number of rotatable bonds is 2. The summed E-state index contributed by atoms with van der Waals surface area (Å²) in [5.74, 6) is 2.23. The van der Waals surface area contributed by atoms with E-state index in [0.717, 1.165) is 5.82 Å². The predicted octanol–water partition coefficient (Wildman–Crippen LogP) is 2.08. The van der Waals surface area contributed by atoms with Gasteiger partial charge in [0.25, 0.3) is 0 Å². The molecule has 1 aromatic heterocycles. The first-order chi connectivity index (χ1) is 5.40. The second kappa shape index (κ2) is 2.81. The van der Waals surface area contributed by atoms with Gasteiger partial charge in [-0.05, 0) is 12.8 Å². The molecule has 1 heterocycles. The van der Waals surface area contributed by atoms with Gasteiger partial charge in [0.05, 0.1) is 0 Å². The molecule has 1 fully saturated rings. The number of nitrogens with zero attached hydrogens (tertiary/aromatic N) is 2. The standard InChI is InChI=1S/C7H9ClN2O/c8-4-6-9-7(10-11-6)5-2-1-3-5/h5H,1-4H2. The van der Waals surface area contributed by atoms with Crippen molar-refractivity contribution in [2.75, 3.05) is 0 Å². The van der Waals surface area contributed by atoms with E-state index in [1.54, 1.807) is 0 Å². The third-order valence-electron chi connectivity index (χ3n) is 2.07. The molecule has 1 aliphatic carbocycles. The maximum atomic E-state index is 5.51. The van der Waals surface area contributed by atoms with Crippen molar-refractivity contribution in [3.8, 4) is 0 Å². The normalized spacial score (nSPS) is 18.3. The molecule has 2 rings (SSSR count). The molecule has 0 spiro atoms. The first-order valence-electron chi connectivity index (χ1n) is 3.78. The number of aromatic nitrogens is 2. The van der Waals surface area contributed by atoms with Crippen LogP contribution in [-0.4, -0.2) is 10.1 Å². The summed E-state index contributed by atoms with van der Waals surface area (Å²) < 4.78 is 4.88. The van der Waals surface area contributed by atoms with Crippen molar-refractivity contribution in [2.24, 2.45) is 0 Å². The average molecular weight is 173 g/mol. The zero-order valence-electron chi connectivity index (χ0n) is 6.09. The fourth-order valence-electron chi connectivity index (χ4n) is 1.15. The molecule has 0 N–H and O–H groups in total. The van der Waals surface area contributed by atoms with Gasteiger partial charge < -0.3 is 4.52 Å². The molecule has 1 saturated carbocycles. The first-order valence-corrected chi connectivity index (χ1v) is 4.32. The molecule has 0 aromatic carbocycles. The lowest BCUT2D eigenvalue weighted by atomic mass is 9.85. The molecule has 0 aliphatic heterocycles. The molecule has 60 valence electrons. The van der Waals surface area contributed by atoms with E-state index in [2.05, 4.69) is 10.1 Å².